The van der Waals surface area contributed by atoms with Gasteiger partial charge in [0.15, 0.2) is 17.8 Å². The zero-order valence-corrected chi connectivity index (χ0v) is 10.1. The molecule has 0 radical (unpaired) electrons. The second-order valence-corrected chi connectivity index (χ2v) is 5.07. The van der Waals surface area contributed by atoms with Crippen LogP contribution in [0.4, 0.5) is 0 Å². The van der Waals surface area contributed by atoms with Crippen molar-refractivity contribution in [2.45, 2.75) is 12.4 Å². The fourth-order valence-electron chi connectivity index (χ4n) is 3.02. The molecule has 1 aromatic rings. The van der Waals surface area contributed by atoms with Crippen LogP contribution >= 0.6 is 0 Å². The number of fused-ring (bicyclic) bond motifs is 2. The van der Waals surface area contributed by atoms with Crippen LogP contribution in [0.5, 0.6) is 17.2 Å². The minimum absolute atomic E-state index is 0.0326. The summed E-state index contributed by atoms with van der Waals surface area (Å²) in [5.41, 5.74) is 0.662. The second-order valence-electron chi connectivity index (χ2n) is 5.07. The first-order valence-corrected chi connectivity index (χ1v) is 6.28. The molecule has 0 spiro atoms. The molecule has 4 atom stereocenters. The Kier molecular flexibility index (Phi) is 2.38. The summed E-state index contributed by atoms with van der Waals surface area (Å²) in [6.45, 7) is 1.03. The Morgan fingerprint density at radius 1 is 1.00 bits per heavy atom. The van der Waals surface area contributed by atoms with Crippen LogP contribution in [0, 0.1) is 11.8 Å². The summed E-state index contributed by atoms with van der Waals surface area (Å²) in [5.74, 6) is 1.30. The van der Waals surface area contributed by atoms with Crippen LogP contribution in [0.25, 0.3) is 0 Å². The molecule has 3 aliphatic heterocycles. The lowest BCUT2D eigenvalue weighted by Crippen LogP contribution is -2.19. The van der Waals surface area contributed by atoms with Crippen LogP contribution in [0.1, 0.15) is 11.7 Å². The number of hydrogen-bond donors (Lipinski definition) is 2. The molecular weight excluding hydrogens is 252 g/mol. The molecule has 2 saturated heterocycles. The topological polar surface area (TPSA) is 77.4 Å². The van der Waals surface area contributed by atoms with Gasteiger partial charge >= 0.3 is 0 Å². The first-order valence-electron chi connectivity index (χ1n) is 6.28. The van der Waals surface area contributed by atoms with E-state index in [1.54, 1.807) is 12.1 Å². The third kappa shape index (κ3) is 1.60. The molecule has 19 heavy (non-hydrogen) atoms. The molecule has 2 fully saturated rings. The van der Waals surface area contributed by atoms with Gasteiger partial charge in [-0.05, 0) is 6.07 Å². The Balaban J connectivity index is 1.70. The van der Waals surface area contributed by atoms with Gasteiger partial charge in [0, 0.05) is 23.5 Å². The lowest BCUT2D eigenvalue weighted by Gasteiger charge is -2.17. The van der Waals surface area contributed by atoms with Gasteiger partial charge in [0.1, 0.15) is 5.75 Å². The van der Waals surface area contributed by atoms with Crippen molar-refractivity contribution in [1.29, 1.82) is 0 Å². The molecule has 0 aliphatic carbocycles. The molecule has 0 aromatic heterocycles. The minimum atomic E-state index is -0.772. The van der Waals surface area contributed by atoms with Gasteiger partial charge in [-0.3, -0.25) is 0 Å². The summed E-state index contributed by atoms with van der Waals surface area (Å²) < 4.78 is 21.5. The largest absolute Gasteiger partial charge is 0.507 e. The van der Waals surface area contributed by atoms with E-state index in [2.05, 4.69) is 0 Å². The lowest BCUT2D eigenvalue weighted by atomic mass is 9.89. The lowest BCUT2D eigenvalue weighted by molar-refractivity contribution is -0.0962. The third-order valence-electron chi connectivity index (χ3n) is 4.06. The predicted molar refractivity (Wildman–Crippen MR) is 61.9 cm³/mol. The van der Waals surface area contributed by atoms with E-state index < -0.39 is 6.29 Å². The van der Waals surface area contributed by atoms with E-state index in [0.29, 0.717) is 30.3 Å². The van der Waals surface area contributed by atoms with Crippen molar-refractivity contribution in [3.63, 3.8) is 0 Å². The molecule has 2 N–H and O–H groups in total. The second kappa shape index (κ2) is 4.00. The average Bonchev–Trinajstić information content (AvgIpc) is 3.06. The number of aliphatic hydroxyl groups is 1. The van der Waals surface area contributed by atoms with Crippen molar-refractivity contribution >= 4 is 0 Å². The van der Waals surface area contributed by atoms with Gasteiger partial charge < -0.3 is 29.2 Å². The number of aromatic hydroxyl groups is 1. The minimum Gasteiger partial charge on any atom is -0.507 e. The van der Waals surface area contributed by atoms with Gasteiger partial charge in [-0.2, -0.15) is 0 Å². The maximum atomic E-state index is 10.1. The van der Waals surface area contributed by atoms with E-state index in [0.717, 1.165) is 0 Å². The molecule has 6 nitrogen and oxygen atoms in total. The van der Waals surface area contributed by atoms with Gasteiger partial charge in [-0.1, -0.05) is 0 Å². The molecule has 4 rings (SSSR count). The summed E-state index contributed by atoms with van der Waals surface area (Å²) in [7, 11) is 0. The summed E-state index contributed by atoms with van der Waals surface area (Å²) in [4.78, 5) is 0. The Bertz CT molecular complexity index is 516. The van der Waals surface area contributed by atoms with Crippen LogP contribution < -0.4 is 9.47 Å². The van der Waals surface area contributed by atoms with Gasteiger partial charge in [0.05, 0.1) is 19.3 Å². The van der Waals surface area contributed by atoms with Gasteiger partial charge in [0.2, 0.25) is 6.79 Å². The molecule has 3 aliphatic rings. The molecule has 0 amide bonds. The Hall–Kier alpha value is -1.50. The maximum Gasteiger partial charge on any atom is 0.231 e. The molecule has 6 heteroatoms. The first-order chi connectivity index (χ1) is 9.24. The fraction of sp³-hybridized carbons (Fsp3) is 0.538. The van der Waals surface area contributed by atoms with Crippen LogP contribution in [0.2, 0.25) is 0 Å². The molecule has 0 saturated carbocycles. The Labute approximate surface area is 109 Å². The monoisotopic (exact) mass is 266 g/mol. The summed E-state index contributed by atoms with van der Waals surface area (Å²) in [6.07, 6.45) is -1.05. The normalized spacial score (nSPS) is 35.6. The van der Waals surface area contributed by atoms with Crippen LogP contribution in [-0.2, 0) is 9.47 Å². The zero-order valence-electron chi connectivity index (χ0n) is 10.1. The fourth-order valence-corrected chi connectivity index (χ4v) is 3.02. The van der Waals surface area contributed by atoms with Crippen LogP contribution in [-0.4, -0.2) is 36.5 Å². The van der Waals surface area contributed by atoms with E-state index in [1.807, 2.05) is 0 Å². The number of aliphatic hydroxyl groups excluding tert-OH is 1. The standard InChI is InChI=1S/C13H14O6/c14-9-2-11-10(18-5-19-11)1-6(9)12-7-3-17-13(15)8(7)4-16-12/h1-2,7-8,12-15H,3-5H2/t7-,8-,12+,13-/m0/s1. The van der Waals surface area contributed by atoms with Gasteiger partial charge in [0.25, 0.3) is 0 Å². The van der Waals surface area contributed by atoms with E-state index in [1.165, 1.54) is 0 Å². The van der Waals surface area contributed by atoms with Crippen molar-refractivity contribution < 1.29 is 29.2 Å². The predicted octanol–water partition coefficient (Wildman–Crippen LogP) is 0.773. The van der Waals surface area contributed by atoms with E-state index >= 15 is 0 Å². The number of phenolic OH excluding ortho intramolecular Hbond substituents is 1. The Morgan fingerprint density at radius 2 is 1.74 bits per heavy atom. The zero-order chi connectivity index (χ0) is 13.0. The van der Waals surface area contributed by atoms with Gasteiger partial charge in [-0.25, -0.2) is 0 Å². The van der Waals surface area contributed by atoms with Crippen molar-refractivity contribution in [3.05, 3.63) is 17.7 Å². The summed E-state index contributed by atoms with van der Waals surface area (Å²) in [6, 6.07) is 3.29. The third-order valence-corrected chi connectivity index (χ3v) is 4.06. The van der Waals surface area contributed by atoms with E-state index in [-0.39, 0.29) is 30.5 Å². The highest BCUT2D eigenvalue weighted by molar-refractivity contribution is 5.52. The number of ether oxygens (including phenoxy) is 4. The van der Waals surface area contributed by atoms with E-state index in [4.69, 9.17) is 18.9 Å². The number of hydrogen-bond acceptors (Lipinski definition) is 6. The number of phenols is 1. The van der Waals surface area contributed by atoms with Crippen molar-refractivity contribution in [2.24, 2.45) is 11.8 Å². The number of benzene rings is 1. The molecule has 1 aromatic carbocycles. The Morgan fingerprint density at radius 3 is 2.58 bits per heavy atom. The first kappa shape index (κ1) is 11.3. The van der Waals surface area contributed by atoms with Crippen molar-refractivity contribution in [2.75, 3.05) is 20.0 Å². The quantitative estimate of drug-likeness (QED) is 0.782. The highest BCUT2D eigenvalue weighted by Crippen LogP contribution is 2.49. The van der Waals surface area contributed by atoms with Crippen LogP contribution in [0.15, 0.2) is 12.1 Å². The number of rotatable bonds is 1. The molecule has 3 heterocycles. The summed E-state index contributed by atoms with van der Waals surface area (Å²) >= 11 is 0. The maximum absolute atomic E-state index is 10.1. The summed E-state index contributed by atoms with van der Waals surface area (Å²) in [5, 5.41) is 19.8. The highest BCUT2D eigenvalue weighted by Gasteiger charge is 2.48. The van der Waals surface area contributed by atoms with Gasteiger partial charge in [-0.15, -0.1) is 0 Å². The average molecular weight is 266 g/mol. The van der Waals surface area contributed by atoms with Crippen molar-refractivity contribution in [1.82, 2.24) is 0 Å². The van der Waals surface area contributed by atoms with E-state index in [9.17, 15) is 10.2 Å². The van der Waals surface area contributed by atoms with Crippen molar-refractivity contribution in [3.8, 4) is 17.2 Å². The van der Waals surface area contributed by atoms with Crippen LogP contribution in [0.3, 0.4) is 0 Å². The molecule has 0 unspecified atom stereocenters. The smallest absolute Gasteiger partial charge is 0.231 e. The highest BCUT2D eigenvalue weighted by atomic mass is 16.7. The molecular formula is C13H14O6. The SMILES string of the molecule is Oc1cc2c(cc1[C@H]1OC[C@H]3[C@@H]1CO[C@@H]3O)OCO2. The molecule has 0 bridgehead atoms. The molecule has 102 valence electrons.